The largest absolute Gasteiger partial charge is 1.00 e. The van der Waals surface area contributed by atoms with E-state index in [0.29, 0.717) is 0 Å². The minimum absolute atomic E-state index is 0. The third-order valence-electron chi connectivity index (χ3n) is 1.77. The number of benzene rings is 1. The van der Waals surface area contributed by atoms with Crippen molar-refractivity contribution in [3.8, 4) is 0 Å². The smallest absolute Gasteiger partial charge is 0.404 e. The van der Waals surface area contributed by atoms with Crippen molar-refractivity contribution < 1.29 is 58.2 Å². The van der Waals surface area contributed by atoms with Crippen molar-refractivity contribution in [1.82, 2.24) is 9.97 Å². The fourth-order valence-electron chi connectivity index (χ4n) is 1.21. The number of hydrogen-bond donors (Lipinski definition) is 0. The fourth-order valence-corrected chi connectivity index (χ4v) is 1.21. The van der Waals surface area contributed by atoms with E-state index in [1.807, 2.05) is 31.2 Å². The van der Waals surface area contributed by atoms with Crippen molar-refractivity contribution in [2.24, 2.45) is 0 Å². The first-order valence-corrected chi connectivity index (χ1v) is 3.68. The predicted molar refractivity (Wildman–Crippen MR) is 46.1 cm³/mol. The van der Waals surface area contributed by atoms with Gasteiger partial charge in [-0.1, -0.05) is 30.0 Å². The minimum atomic E-state index is -0.411. The standard InChI is InChI=1S/C9H8N2O.Rb/c1-6-7-4-2-3-5-8(7)11-9(12)10-6;/h2-5H,1H3,(H,10,11,12);/q;+1/p-1. The Morgan fingerprint density at radius 3 is 2.77 bits per heavy atom. The first-order valence-electron chi connectivity index (χ1n) is 3.68. The van der Waals surface area contributed by atoms with Crippen LogP contribution in [0.5, 0.6) is 0 Å². The number of hydrogen-bond acceptors (Lipinski definition) is 2. The van der Waals surface area contributed by atoms with Crippen LogP contribution in [0.15, 0.2) is 29.1 Å². The molecular formula is C9H7N2ORb. The van der Waals surface area contributed by atoms with Crippen LogP contribution in [-0.4, -0.2) is 4.98 Å². The molecule has 0 N–H and O–H groups in total. The molecule has 0 saturated heterocycles. The Labute approximate surface area is 124 Å². The summed E-state index contributed by atoms with van der Waals surface area (Å²) in [6, 6.07) is 7.48. The normalized spacial score (nSPS) is 9.62. The summed E-state index contributed by atoms with van der Waals surface area (Å²) in [4.78, 5) is 18.4. The number of rotatable bonds is 0. The van der Waals surface area contributed by atoms with E-state index in [1.165, 1.54) is 0 Å². The quantitative estimate of drug-likeness (QED) is 0.532. The Morgan fingerprint density at radius 1 is 1.31 bits per heavy atom. The molecule has 0 spiro atoms. The third-order valence-corrected chi connectivity index (χ3v) is 1.77. The number of nitrogens with zero attached hydrogens (tertiary/aromatic N) is 2. The van der Waals surface area contributed by atoms with E-state index >= 15 is 0 Å². The monoisotopic (exact) mass is 244 g/mol. The summed E-state index contributed by atoms with van der Waals surface area (Å²) in [6.07, 6.45) is 0. The van der Waals surface area contributed by atoms with E-state index in [-0.39, 0.29) is 58.2 Å². The van der Waals surface area contributed by atoms with Crippen LogP contribution in [0.4, 0.5) is 0 Å². The van der Waals surface area contributed by atoms with Crippen LogP contribution < -0.4 is 68.9 Å². The van der Waals surface area contributed by atoms with E-state index in [9.17, 15) is 4.79 Å². The molecule has 0 atom stereocenters. The minimum Gasteiger partial charge on any atom is -0.404 e. The molecule has 1 heterocycles. The van der Waals surface area contributed by atoms with Gasteiger partial charge < -0.3 is 9.97 Å². The summed E-state index contributed by atoms with van der Waals surface area (Å²) in [5.41, 5.74) is 1.05. The zero-order chi connectivity index (χ0) is 8.55. The van der Waals surface area contributed by atoms with E-state index < -0.39 is 5.69 Å². The van der Waals surface area contributed by atoms with Gasteiger partial charge in [0.15, 0.2) is 5.69 Å². The molecule has 2 aromatic rings. The van der Waals surface area contributed by atoms with Crippen LogP contribution in [0.3, 0.4) is 0 Å². The van der Waals surface area contributed by atoms with E-state index in [0.717, 1.165) is 16.6 Å². The zero-order valence-electron chi connectivity index (χ0n) is 7.61. The van der Waals surface area contributed by atoms with Gasteiger partial charge in [-0.3, -0.25) is 4.79 Å². The molecule has 0 amide bonds. The maximum absolute atomic E-state index is 10.9. The van der Waals surface area contributed by atoms with Crippen molar-refractivity contribution in [2.75, 3.05) is 0 Å². The van der Waals surface area contributed by atoms with Gasteiger partial charge in [0, 0.05) is 0 Å². The van der Waals surface area contributed by atoms with Gasteiger partial charge in [0.2, 0.25) is 0 Å². The van der Waals surface area contributed by atoms with Crippen molar-refractivity contribution in [3.63, 3.8) is 0 Å². The molecule has 0 saturated carbocycles. The van der Waals surface area contributed by atoms with E-state index in [2.05, 4.69) is 9.97 Å². The Bertz CT molecular complexity index is 478. The van der Waals surface area contributed by atoms with Crippen LogP contribution in [0.2, 0.25) is 0 Å². The molecule has 0 unspecified atom stereocenters. The zero-order valence-corrected chi connectivity index (χ0v) is 12.5. The predicted octanol–water partition coefficient (Wildman–Crippen LogP) is -2.14. The number of aromatic nitrogens is 2. The fraction of sp³-hybridized carbons (Fsp3) is 0.111. The van der Waals surface area contributed by atoms with Crippen LogP contribution in [0.1, 0.15) is 5.69 Å². The summed E-state index contributed by atoms with van der Waals surface area (Å²) in [7, 11) is 0. The average Bonchev–Trinajstić information content (AvgIpc) is 2.04. The van der Waals surface area contributed by atoms with Crippen LogP contribution in [-0.2, 0) is 0 Å². The van der Waals surface area contributed by atoms with Gasteiger partial charge >= 0.3 is 58.2 Å². The molecule has 1 aromatic carbocycles. The van der Waals surface area contributed by atoms with E-state index in [4.69, 9.17) is 0 Å². The SMILES string of the molecule is Cc1nc(=O)[n-]c2ccccc12.[Rb+]. The number of para-hydroxylation sites is 1. The molecule has 13 heavy (non-hydrogen) atoms. The van der Waals surface area contributed by atoms with Crippen molar-refractivity contribution in [3.05, 3.63) is 40.4 Å². The van der Waals surface area contributed by atoms with Gasteiger partial charge in [0.1, 0.15) is 0 Å². The molecule has 0 aliphatic carbocycles. The summed E-state index contributed by atoms with van der Waals surface area (Å²) in [5.74, 6) is 0. The maximum Gasteiger partial charge on any atom is 1.00 e. The van der Waals surface area contributed by atoms with Crippen LogP contribution in [0.25, 0.3) is 10.9 Å². The van der Waals surface area contributed by atoms with Crippen molar-refractivity contribution >= 4 is 10.9 Å². The molecule has 3 nitrogen and oxygen atoms in total. The van der Waals surface area contributed by atoms with Gasteiger partial charge in [0.05, 0.1) is 0 Å². The third kappa shape index (κ3) is 2.34. The van der Waals surface area contributed by atoms with Crippen molar-refractivity contribution in [2.45, 2.75) is 6.92 Å². The van der Waals surface area contributed by atoms with Gasteiger partial charge in [-0.05, 0) is 17.8 Å². The molecule has 4 heteroatoms. The van der Waals surface area contributed by atoms with Gasteiger partial charge in [-0.25, -0.2) is 0 Å². The molecule has 1 aromatic heterocycles. The Hall–Kier alpha value is 0.165. The molecule has 0 bridgehead atoms. The first kappa shape index (κ1) is 11.2. The molecule has 0 aliphatic heterocycles. The number of aryl methyl sites for hydroxylation is 1. The van der Waals surface area contributed by atoms with Gasteiger partial charge in [-0.2, -0.15) is 0 Å². The second kappa shape index (κ2) is 4.60. The molecular weight excluding hydrogens is 238 g/mol. The molecule has 2 rings (SSSR count). The van der Waals surface area contributed by atoms with Crippen molar-refractivity contribution in [1.29, 1.82) is 0 Å². The maximum atomic E-state index is 10.9. The summed E-state index contributed by atoms with van der Waals surface area (Å²) < 4.78 is 0. The van der Waals surface area contributed by atoms with Gasteiger partial charge in [-0.15, -0.1) is 0 Å². The van der Waals surface area contributed by atoms with E-state index in [1.54, 1.807) is 0 Å². The number of fused-ring (bicyclic) bond motifs is 1. The molecule has 60 valence electrons. The average molecular weight is 245 g/mol. The second-order valence-corrected chi connectivity index (χ2v) is 2.61. The second-order valence-electron chi connectivity index (χ2n) is 2.61. The summed E-state index contributed by atoms with van der Waals surface area (Å²) in [5, 5.41) is 0.942. The molecule has 0 radical (unpaired) electrons. The summed E-state index contributed by atoms with van der Waals surface area (Å²) >= 11 is 0. The topological polar surface area (TPSA) is 44.1 Å². The van der Waals surface area contributed by atoms with Crippen LogP contribution in [0, 0.1) is 6.92 Å². The Morgan fingerprint density at radius 2 is 2.00 bits per heavy atom. The summed E-state index contributed by atoms with van der Waals surface area (Å²) in [6.45, 7) is 1.81. The Balaban J connectivity index is 0.000000845. The van der Waals surface area contributed by atoms with Crippen LogP contribution >= 0.6 is 0 Å². The van der Waals surface area contributed by atoms with Gasteiger partial charge in [0.25, 0.3) is 0 Å². The molecule has 0 aliphatic rings. The molecule has 0 fully saturated rings. The Kier molecular flexibility index (Phi) is 3.97. The first-order chi connectivity index (χ1) is 5.77.